The summed E-state index contributed by atoms with van der Waals surface area (Å²) in [7, 11) is 0. The van der Waals surface area contributed by atoms with Gasteiger partial charge in [-0.05, 0) is 32.3 Å². The topological polar surface area (TPSA) is 43.4 Å². The summed E-state index contributed by atoms with van der Waals surface area (Å²) in [6, 6.07) is 5.89. The SMILES string of the molecule is CCOC(=O)CC1CCc2cc(C)ccc2C1=O. The number of hydrogen-bond donors (Lipinski definition) is 0. The summed E-state index contributed by atoms with van der Waals surface area (Å²) in [4.78, 5) is 23.7. The van der Waals surface area contributed by atoms with Crippen LogP contribution in [-0.2, 0) is 16.0 Å². The average Bonchev–Trinajstić information content (AvgIpc) is 2.33. The van der Waals surface area contributed by atoms with Crippen molar-refractivity contribution in [3.05, 3.63) is 34.9 Å². The molecule has 0 aliphatic heterocycles. The zero-order valence-corrected chi connectivity index (χ0v) is 10.9. The third-order valence-electron chi connectivity index (χ3n) is 3.38. The van der Waals surface area contributed by atoms with E-state index in [-0.39, 0.29) is 24.1 Å². The van der Waals surface area contributed by atoms with Crippen molar-refractivity contribution in [1.29, 1.82) is 0 Å². The second kappa shape index (κ2) is 5.34. The van der Waals surface area contributed by atoms with Gasteiger partial charge in [0.2, 0.25) is 0 Å². The number of carbonyl (C=O) groups excluding carboxylic acids is 2. The van der Waals surface area contributed by atoms with E-state index >= 15 is 0 Å². The number of hydrogen-bond acceptors (Lipinski definition) is 3. The third kappa shape index (κ3) is 2.61. The molecule has 0 N–H and O–H groups in total. The first-order valence-corrected chi connectivity index (χ1v) is 6.41. The number of ketones is 1. The Morgan fingerprint density at radius 1 is 1.44 bits per heavy atom. The summed E-state index contributed by atoms with van der Waals surface area (Å²) in [6.45, 7) is 4.17. The monoisotopic (exact) mass is 246 g/mol. The highest BCUT2D eigenvalue weighted by Crippen LogP contribution is 2.28. The van der Waals surface area contributed by atoms with Crippen molar-refractivity contribution in [2.24, 2.45) is 5.92 Å². The van der Waals surface area contributed by atoms with Gasteiger partial charge < -0.3 is 4.74 Å². The molecule has 1 aliphatic rings. The maximum Gasteiger partial charge on any atom is 0.306 e. The number of ether oxygens (including phenoxy) is 1. The summed E-state index contributed by atoms with van der Waals surface area (Å²) < 4.78 is 4.91. The summed E-state index contributed by atoms with van der Waals surface area (Å²) in [6.07, 6.45) is 1.82. The largest absolute Gasteiger partial charge is 0.466 e. The lowest BCUT2D eigenvalue weighted by molar-refractivity contribution is -0.143. The molecule has 3 nitrogen and oxygen atoms in total. The minimum absolute atomic E-state index is 0.0873. The van der Waals surface area contributed by atoms with Gasteiger partial charge in [-0.15, -0.1) is 0 Å². The molecule has 0 amide bonds. The predicted molar refractivity (Wildman–Crippen MR) is 68.6 cm³/mol. The van der Waals surface area contributed by atoms with Crippen molar-refractivity contribution < 1.29 is 14.3 Å². The molecule has 2 rings (SSSR count). The van der Waals surface area contributed by atoms with Crippen LogP contribution in [0.4, 0.5) is 0 Å². The van der Waals surface area contributed by atoms with E-state index in [1.165, 1.54) is 5.56 Å². The van der Waals surface area contributed by atoms with Crippen LogP contribution in [0.1, 0.15) is 41.3 Å². The smallest absolute Gasteiger partial charge is 0.306 e. The van der Waals surface area contributed by atoms with E-state index < -0.39 is 0 Å². The van der Waals surface area contributed by atoms with E-state index in [1.54, 1.807) is 6.92 Å². The van der Waals surface area contributed by atoms with Crippen LogP contribution in [0.5, 0.6) is 0 Å². The molecule has 96 valence electrons. The molecule has 0 heterocycles. The van der Waals surface area contributed by atoms with Crippen LogP contribution >= 0.6 is 0 Å². The van der Waals surface area contributed by atoms with Crippen molar-refractivity contribution in [1.82, 2.24) is 0 Å². The highest BCUT2D eigenvalue weighted by Gasteiger charge is 2.29. The lowest BCUT2D eigenvalue weighted by atomic mass is 9.80. The first-order chi connectivity index (χ1) is 8.61. The molecule has 0 radical (unpaired) electrons. The van der Waals surface area contributed by atoms with Crippen molar-refractivity contribution in [3.63, 3.8) is 0 Å². The molecule has 0 saturated heterocycles. The molecule has 0 saturated carbocycles. The second-order valence-corrected chi connectivity index (χ2v) is 4.77. The van der Waals surface area contributed by atoms with Gasteiger partial charge in [-0.1, -0.05) is 23.8 Å². The first-order valence-electron chi connectivity index (χ1n) is 6.41. The van der Waals surface area contributed by atoms with Crippen molar-refractivity contribution in [3.8, 4) is 0 Å². The highest BCUT2D eigenvalue weighted by atomic mass is 16.5. The minimum Gasteiger partial charge on any atom is -0.466 e. The lowest BCUT2D eigenvalue weighted by Crippen LogP contribution is -2.25. The summed E-state index contributed by atoms with van der Waals surface area (Å²) in [5.74, 6) is -0.394. The van der Waals surface area contributed by atoms with Gasteiger partial charge >= 0.3 is 5.97 Å². The quantitative estimate of drug-likeness (QED) is 0.770. The molecule has 1 aliphatic carbocycles. The van der Waals surface area contributed by atoms with Crippen LogP contribution < -0.4 is 0 Å². The lowest BCUT2D eigenvalue weighted by Gasteiger charge is -2.22. The number of fused-ring (bicyclic) bond motifs is 1. The van der Waals surface area contributed by atoms with Crippen molar-refractivity contribution in [2.45, 2.75) is 33.1 Å². The standard InChI is InChI=1S/C15H18O3/c1-3-18-14(16)9-12-6-5-11-8-10(2)4-7-13(11)15(12)17/h4,7-8,12H,3,5-6,9H2,1-2H3. The van der Waals surface area contributed by atoms with Crippen LogP contribution in [0, 0.1) is 12.8 Å². The Kier molecular flexibility index (Phi) is 3.80. The second-order valence-electron chi connectivity index (χ2n) is 4.77. The molecule has 1 unspecified atom stereocenters. The number of Topliss-reactive ketones (excluding diaryl/α,β-unsaturated/α-hetero) is 1. The summed E-state index contributed by atoms with van der Waals surface area (Å²) >= 11 is 0. The van der Waals surface area contributed by atoms with E-state index in [1.807, 2.05) is 19.1 Å². The molecule has 18 heavy (non-hydrogen) atoms. The Labute approximate surface area is 107 Å². The van der Waals surface area contributed by atoms with E-state index in [4.69, 9.17) is 4.74 Å². The molecule has 1 aromatic rings. The Bertz CT molecular complexity index is 477. The van der Waals surface area contributed by atoms with Crippen LogP contribution in [0.3, 0.4) is 0 Å². The zero-order chi connectivity index (χ0) is 13.1. The fraction of sp³-hybridized carbons (Fsp3) is 0.467. The van der Waals surface area contributed by atoms with E-state index in [9.17, 15) is 9.59 Å². The average molecular weight is 246 g/mol. The summed E-state index contributed by atoms with van der Waals surface area (Å²) in [5, 5.41) is 0. The van der Waals surface area contributed by atoms with E-state index in [0.29, 0.717) is 6.61 Å². The minimum atomic E-state index is -0.272. The fourth-order valence-electron chi connectivity index (χ4n) is 2.47. The molecule has 0 spiro atoms. The molecule has 0 aromatic heterocycles. The van der Waals surface area contributed by atoms with Crippen molar-refractivity contribution >= 4 is 11.8 Å². The Morgan fingerprint density at radius 3 is 2.94 bits per heavy atom. The van der Waals surface area contributed by atoms with Gasteiger partial charge in [-0.25, -0.2) is 0 Å². The van der Waals surface area contributed by atoms with Gasteiger partial charge in [0.05, 0.1) is 13.0 Å². The zero-order valence-electron chi connectivity index (χ0n) is 10.9. The number of benzene rings is 1. The van der Waals surface area contributed by atoms with Crippen LogP contribution in [-0.4, -0.2) is 18.4 Å². The number of esters is 1. The molecule has 1 atom stereocenters. The Morgan fingerprint density at radius 2 is 2.22 bits per heavy atom. The maximum absolute atomic E-state index is 12.3. The molecule has 0 fully saturated rings. The first kappa shape index (κ1) is 12.8. The van der Waals surface area contributed by atoms with Gasteiger partial charge in [0.15, 0.2) is 5.78 Å². The van der Waals surface area contributed by atoms with Gasteiger partial charge in [0, 0.05) is 11.5 Å². The predicted octanol–water partition coefficient (Wildman–Crippen LogP) is 2.69. The highest BCUT2D eigenvalue weighted by molar-refractivity contribution is 6.01. The molecule has 1 aromatic carbocycles. The molecule has 0 bridgehead atoms. The number of carbonyl (C=O) groups is 2. The third-order valence-corrected chi connectivity index (χ3v) is 3.38. The van der Waals surface area contributed by atoms with Gasteiger partial charge in [-0.2, -0.15) is 0 Å². The van der Waals surface area contributed by atoms with Crippen LogP contribution in [0.25, 0.3) is 0 Å². The molecule has 3 heteroatoms. The van der Waals surface area contributed by atoms with Crippen LogP contribution in [0.2, 0.25) is 0 Å². The van der Waals surface area contributed by atoms with Crippen molar-refractivity contribution in [2.75, 3.05) is 6.61 Å². The van der Waals surface area contributed by atoms with Gasteiger partial charge in [0.1, 0.15) is 0 Å². The Hall–Kier alpha value is -1.64. The van der Waals surface area contributed by atoms with Gasteiger partial charge in [-0.3, -0.25) is 9.59 Å². The number of aryl methyl sites for hydroxylation is 2. The Balaban J connectivity index is 2.13. The number of rotatable bonds is 3. The van der Waals surface area contributed by atoms with Gasteiger partial charge in [0.25, 0.3) is 0 Å². The van der Waals surface area contributed by atoms with E-state index in [0.717, 1.165) is 24.0 Å². The van der Waals surface area contributed by atoms with E-state index in [2.05, 4.69) is 6.07 Å². The summed E-state index contributed by atoms with van der Waals surface area (Å²) in [5.41, 5.74) is 3.06. The maximum atomic E-state index is 12.3. The molecular weight excluding hydrogens is 228 g/mol. The molecular formula is C15H18O3. The fourth-order valence-corrected chi connectivity index (χ4v) is 2.47. The normalized spacial score (nSPS) is 18.3. The van der Waals surface area contributed by atoms with Crippen LogP contribution in [0.15, 0.2) is 18.2 Å².